The molecule has 2 nitrogen and oxygen atoms in total. The Kier molecular flexibility index (Phi) is 3.23. The fourth-order valence-electron chi connectivity index (χ4n) is 2.82. The number of piperidine rings is 2. The number of likely N-dealkylation sites (tertiary alicyclic amines) is 1. The van der Waals surface area contributed by atoms with Gasteiger partial charge in [0.1, 0.15) is 0 Å². The van der Waals surface area contributed by atoms with Gasteiger partial charge in [0.05, 0.1) is 0 Å². The van der Waals surface area contributed by atoms with Gasteiger partial charge in [-0.05, 0) is 45.8 Å². The average molecular weight is 182 g/mol. The number of rotatable bonds is 1. The van der Waals surface area contributed by atoms with Gasteiger partial charge in [-0.2, -0.15) is 0 Å². The van der Waals surface area contributed by atoms with E-state index in [4.69, 9.17) is 0 Å². The predicted octanol–water partition coefficient (Wildman–Crippen LogP) is 1.61. The van der Waals surface area contributed by atoms with Crippen molar-refractivity contribution in [2.24, 2.45) is 0 Å². The van der Waals surface area contributed by atoms with Crippen molar-refractivity contribution in [2.45, 2.75) is 50.6 Å². The van der Waals surface area contributed by atoms with E-state index in [1.165, 1.54) is 51.6 Å². The molecule has 2 saturated heterocycles. The first-order valence-corrected chi connectivity index (χ1v) is 5.81. The fourth-order valence-corrected chi connectivity index (χ4v) is 2.82. The van der Waals surface area contributed by atoms with Crippen LogP contribution >= 0.6 is 0 Å². The third-order valence-corrected chi connectivity index (χ3v) is 3.64. The van der Waals surface area contributed by atoms with Gasteiger partial charge in [0, 0.05) is 12.1 Å². The lowest BCUT2D eigenvalue weighted by Crippen LogP contribution is -2.52. The van der Waals surface area contributed by atoms with Crippen molar-refractivity contribution in [3.05, 3.63) is 0 Å². The third-order valence-electron chi connectivity index (χ3n) is 3.64. The van der Waals surface area contributed by atoms with Crippen LogP contribution in [0.25, 0.3) is 0 Å². The van der Waals surface area contributed by atoms with Crippen molar-refractivity contribution >= 4 is 0 Å². The van der Waals surface area contributed by atoms with E-state index >= 15 is 0 Å². The van der Waals surface area contributed by atoms with Gasteiger partial charge in [-0.15, -0.1) is 0 Å². The summed E-state index contributed by atoms with van der Waals surface area (Å²) in [5, 5.41) is 3.68. The Labute approximate surface area is 81.7 Å². The van der Waals surface area contributed by atoms with Crippen molar-refractivity contribution in [3.8, 4) is 0 Å². The Morgan fingerprint density at radius 1 is 1.08 bits per heavy atom. The van der Waals surface area contributed by atoms with E-state index in [1.54, 1.807) is 0 Å². The molecular formula is C11H22N2. The summed E-state index contributed by atoms with van der Waals surface area (Å²) < 4.78 is 0. The van der Waals surface area contributed by atoms with Gasteiger partial charge in [0.25, 0.3) is 0 Å². The molecule has 0 saturated carbocycles. The molecule has 0 amide bonds. The molecule has 76 valence electrons. The van der Waals surface area contributed by atoms with Gasteiger partial charge in [0.15, 0.2) is 0 Å². The molecule has 0 spiro atoms. The molecule has 0 aromatic rings. The molecule has 2 atom stereocenters. The second-order valence-corrected chi connectivity index (χ2v) is 4.60. The van der Waals surface area contributed by atoms with Gasteiger partial charge in [-0.3, -0.25) is 0 Å². The lowest BCUT2D eigenvalue weighted by molar-refractivity contribution is 0.131. The highest BCUT2D eigenvalue weighted by atomic mass is 15.2. The number of likely N-dealkylation sites (N-methyl/N-ethyl adjacent to an activating group) is 1. The summed E-state index contributed by atoms with van der Waals surface area (Å²) in [5.41, 5.74) is 0. The van der Waals surface area contributed by atoms with Crippen molar-refractivity contribution in [3.63, 3.8) is 0 Å². The molecule has 2 fully saturated rings. The summed E-state index contributed by atoms with van der Waals surface area (Å²) in [6.07, 6.45) is 8.46. The predicted molar refractivity (Wildman–Crippen MR) is 55.9 cm³/mol. The minimum absolute atomic E-state index is 0.791. The summed E-state index contributed by atoms with van der Waals surface area (Å²) >= 11 is 0. The molecule has 2 aliphatic heterocycles. The third kappa shape index (κ3) is 2.23. The van der Waals surface area contributed by atoms with Crippen molar-refractivity contribution < 1.29 is 0 Å². The second kappa shape index (κ2) is 4.43. The van der Waals surface area contributed by atoms with Gasteiger partial charge in [-0.25, -0.2) is 0 Å². The van der Waals surface area contributed by atoms with Crippen LogP contribution in [0.3, 0.4) is 0 Å². The van der Waals surface area contributed by atoms with Gasteiger partial charge in [-0.1, -0.05) is 12.8 Å². The normalized spacial score (nSPS) is 37.6. The molecule has 0 unspecified atom stereocenters. The van der Waals surface area contributed by atoms with Crippen LogP contribution < -0.4 is 5.32 Å². The lowest BCUT2D eigenvalue weighted by atomic mass is 9.91. The zero-order chi connectivity index (χ0) is 9.10. The summed E-state index contributed by atoms with van der Waals surface area (Å²) in [4.78, 5) is 2.56. The molecule has 0 radical (unpaired) electrons. The zero-order valence-corrected chi connectivity index (χ0v) is 8.76. The van der Waals surface area contributed by atoms with Crippen molar-refractivity contribution in [2.75, 3.05) is 20.1 Å². The largest absolute Gasteiger partial charge is 0.312 e. The molecule has 0 bridgehead atoms. The number of hydrogen-bond donors (Lipinski definition) is 1. The zero-order valence-electron chi connectivity index (χ0n) is 8.76. The standard InChI is InChI=1S/C11H22N2/c1-13-9-5-3-7-11(13)10-6-2-4-8-12-10/h10-12H,2-9H2,1H3/t10-,11-/m0/s1. The fraction of sp³-hybridized carbons (Fsp3) is 1.00. The minimum atomic E-state index is 0.791. The summed E-state index contributed by atoms with van der Waals surface area (Å²) in [6.45, 7) is 2.55. The molecule has 0 aromatic heterocycles. The first-order valence-electron chi connectivity index (χ1n) is 5.81. The molecular weight excluding hydrogens is 160 g/mol. The molecule has 13 heavy (non-hydrogen) atoms. The maximum absolute atomic E-state index is 3.68. The first kappa shape index (κ1) is 9.47. The van der Waals surface area contributed by atoms with Crippen LogP contribution in [0.1, 0.15) is 38.5 Å². The summed E-state index contributed by atoms with van der Waals surface area (Å²) in [6, 6.07) is 1.62. The summed E-state index contributed by atoms with van der Waals surface area (Å²) in [7, 11) is 2.29. The molecule has 2 heterocycles. The molecule has 2 heteroatoms. The molecule has 0 aliphatic carbocycles. The SMILES string of the molecule is CN1CCCC[C@H]1[C@@H]1CCCCN1. The summed E-state index contributed by atoms with van der Waals surface area (Å²) in [5.74, 6) is 0. The van der Waals surface area contributed by atoms with Gasteiger partial charge >= 0.3 is 0 Å². The molecule has 0 aromatic carbocycles. The first-order chi connectivity index (χ1) is 6.38. The number of nitrogens with zero attached hydrogens (tertiary/aromatic N) is 1. The van der Waals surface area contributed by atoms with Crippen LogP contribution in [0.2, 0.25) is 0 Å². The van der Waals surface area contributed by atoms with E-state index in [2.05, 4.69) is 17.3 Å². The van der Waals surface area contributed by atoms with Crippen molar-refractivity contribution in [1.29, 1.82) is 0 Å². The van der Waals surface area contributed by atoms with Crippen LogP contribution in [0.15, 0.2) is 0 Å². The van der Waals surface area contributed by atoms with Crippen LogP contribution in [0.4, 0.5) is 0 Å². The lowest BCUT2D eigenvalue weighted by Gasteiger charge is -2.40. The van der Waals surface area contributed by atoms with Crippen LogP contribution in [-0.4, -0.2) is 37.1 Å². The van der Waals surface area contributed by atoms with Crippen LogP contribution in [-0.2, 0) is 0 Å². The molecule has 1 N–H and O–H groups in total. The smallest absolute Gasteiger partial charge is 0.0246 e. The average Bonchev–Trinajstić information content (AvgIpc) is 2.20. The minimum Gasteiger partial charge on any atom is -0.312 e. The van der Waals surface area contributed by atoms with E-state index in [-0.39, 0.29) is 0 Å². The maximum atomic E-state index is 3.68. The highest BCUT2D eigenvalue weighted by Gasteiger charge is 2.27. The maximum Gasteiger partial charge on any atom is 0.0246 e. The Hall–Kier alpha value is -0.0800. The Morgan fingerprint density at radius 2 is 1.92 bits per heavy atom. The molecule has 2 rings (SSSR count). The van der Waals surface area contributed by atoms with E-state index in [0.717, 1.165) is 12.1 Å². The van der Waals surface area contributed by atoms with E-state index in [1.807, 2.05) is 0 Å². The monoisotopic (exact) mass is 182 g/mol. The van der Waals surface area contributed by atoms with E-state index < -0.39 is 0 Å². The van der Waals surface area contributed by atoms with Crippen LogP contribution in [0.5, 0.6) is 0 Å². The quantitative estimate of drug-likeness (QED) is 0.663. The Balaban J connectivity index is 1.88. The highest BCUT2D eigenvalue weighted by Crippen LogP contribution is 2.22. The second-order valence-electron chi connectivity index (χ2n) is 4.60. The highest BCUT2D eigenvalue weighted by molar-refractivity contribution is 4.87. The Morgan fingerprint density at radius 3 is 2.62 bits per heavy atom. The van der Waals surface area contributed by atoms with Crippen molar-refractivity contribution in [1.82, 2.24) is 10.2 Å². The number of hydrogen-bond acceptors (Lipinski definition) is 2. The Bertz CT molecular complexity index is 152. The van der Waals surface area contributed by atoms with E-state index in [9.17, 15) is 0 Å². The van der Waals surface area contributed by atoms with Crippen LogP contribution in [0, 0.1) is 0 Å². The topological polar surface area (TPSA) is 15.3 Å². The van der Waals surface area contributed by atoms with E-state index in [0.29, 0.717) is 0 Å². The molecule has 2 aliphatic rings. The number of nitrogens with one attached hydrogen (secondary N) is 1. The van der Waals surface area contributed by atoms with Gasteiger partial charge in [0.2, 0.25) is 0 Å². The van der Waals surface area contributed by atoms with Gasteiger partial charge < -0.3 is 10.2 Å².